The van der Waals surface area contributed by atoms with Crippen LogP contribution in [-0.2, 0) is 0 Å². The Bertz CT molecular complexity index is 148. The van der Waals surface area contributed by atoms with Crippen molar-refractivity contribution in [3.05, 3.63) is 0 Å². The molecule has 0 aliphatic carbocycles. The summed E-state index contributed by atoms with van der Waals surface area (Å²) in [4.78, 5) is 0. The van der Waals surface area contributed by atoms with Gasteiger partial charge in [-0.25, -0.2) is 0 Å². The van der Waals surface area contributed by atoms with Crippen molar-refractivity contribution in [2.24, 2.45) is 17.8 Å². The van der Waals surface area contributed by atoms with Gasteiger partial charge in [-0.3, -0.25) is 0 Å². The van der Waals surface area contributed by atoms with E-state index in [0.717, 1.165) is 17.8 Å². The average Bonchev–Trinajstić information content (AvgIpc) is 2.53. The molecule has 0 aromatic heterocycles. The minimum atomic E-state index is 0.854. The van der Waals surface area contributed by atoms with E-state index in [4.69, 9.17) is 0 Å². The maximum absolute atomic E-state index is 2.47. The SMILES string of the molecule is CC.CC.CCCCCCC(CCCCC)C(C)C(C)C. The molecule has 0 bridgehead atoms. The van der Waals surface area contributed by atoms with E-state index >= 15 is 0 Å². The highest BCUT2D eigenvalue weighted by Crippen LogP contribution is 2.30. The summed E-state index contributed by atoms with van der Waals surface area (Å²) in [6.07, 6.45) is 12.9. The molecule has 0 heteroatoms. The third-order valence-corrected chi connectivity index (χ3v) is 4.40. The van der Waals surface area contributed by atoms with E-state index in [1.807, 2.05) is 27.7 Å². The van der Waals surface area contributed by atoms with E-state index in [9.17, 15) is 0 Å². The molecule has 0 fully saturated rings. The lowest BCUT2D eigenvalue weighted by Crippen LogP contribution is -2.17. The standard InChI is InChI=1S/C17H36.2C2H6/c1-6-8-10-12-14-17(13-11-9-7-2)16(5)15(3)4;2*1-2/h15-17H,6-14H2,1-5H3;2*1-2H3. The normalized spacial score (nSPS) is 12.9. The van der Waals surface area contributed by atoms with Crippen molar-refractivity contribution < 1.29 is 0 Å². The first kappa shape index (κ1) is 25.9. The molecule has 0 saturated carbocycles. The Labute approximate surface area is 138 Å². The lowest BCUT2D eigenvalue weighted by Gasteiger charge is -2.27. The first-order valence-electron chi connectivity index (χ1n) is 10.1. The van der Waals surface area contributed by atoms with Gasteiger partial charge in [0, 0.05) is 0 Å². The Morgan fingerprint density at radius 3 is 1.33 bits per heavy atom. The maximum Gasteiger partial charge on any atom is -0.0386 e. The van der Waals surface area contributed by atoms with Crippen molar-refractivity contribution in [2.75, 3.05) is 0 Å². The van der Waals surface area contributed by atoms with E-state index < -0.39 is 0 Å². The predicted molar refractivity (Wildman–Crippen MR) is 103 cm³/mol. The molecular weight excluding hydrogens is 252 g/mol. The second-order valence-corrected chi connectivity index (χ2v) is 6.21. The van der Waals surface area contributed by atoms with E-state index in [2.05, 4.69) is 34.6 Å². The average molecular weight is 301 g/mol. The molecule has 2 atom stereocenters. The number of rotatable bonds is 11. The molecule has 0 radical (unpaired) electrons. The van der Waals surface area contributed by atoms with Gasteiger partial charge in [0.15, 0.2) is 0 Å². The molecule has 0 amide bonds. The van der Waals surface area contributed by atoms with Crippen LogP contribution in [-0.4, -0.2) is 0 Å². The topological polar surface area (TPSA) is 0 Å². The third kappa shape index (κ3) is 18.0. The van der Waals surface area contributed by atoms with Gasteiger partial charge in [-0.1, -0.05) is 120 Å². The molecule has 0 rings (SSSR count). The van der Waals surface area contributed by atoms with Crippen molar-refractivity contribution in [3.63, 3.8) is 0 Å². The zero-order chi connectivity index (χ0) is 17.1. The Morgan fingerprint density at radius 1 is 0.571 bits per heavy atom. The largest absolute Gasteiger partial charge is 0.0683 e. The molecule has 0 aliphatic rings. The van der Waals surface area contributed by atoms with Gasteiger partial charge in [0.25, 0.3) is 0 Å². The monoisotopic (exact) mass is 300 g/mol. The van der Waals surface area contributed by atoms with Gasteiger partial charge >= 0.3 is 0 Å². The lowest BCUT2D eigenvalue weighted by atomic mass is 9.79. The Kier molecular flexibility index (Phi) is 27.5. The Balaban J connectivity index is -0.000000739. The summed E-state index contributed by atoms with van der Waals surface area (Å²) in [6.45, 7) is 19.9. The summed E-state index contributed by atoms with van der Waals surface area (Å²) in [5.74, 6) is 2.75. The Hall–Kier alpha value is 0. The minimum absolute atomic E-state index is 0.854. The third-order valence-electron chi connectivity index (χ3n) is 4.40. The highest BCUT2D eigenvalue weighted by Gasteiger charge is 2.19. The molecule has 0 N–H and O–H groups in total. The van der Waals surface area contributed by atoms with Gasteiger partial charge in [0.05, 0.1) is 0 Å². The van der Waals surface area contributed by atoms with E-state index in [1.54, 1.807) is 0 Å². The highest BCUT2D eigenvalue weighted by atomic mass is 14.2. The van der Waals surface area contributed by atoms with Gasteiger partial charge in [-0.2, -0.15) is 0 Å². The number of hydrogen-bond acceptors (Lipinski definition) is 0. The molecule has 0 heterocycles. The summed E-state index contributed by atoms with van der Waals surface area (Å²) >= 11 is 0. The quantitative estimate of drug-likeness (QED) is 0.335. The van der Waals surface area contributed by atoms with Crippen LogP contribution in [0.25, 0.3) is 0 Å². The fourth-order valence-corrected chi connectivity index (χ4v) is 2.70. The van der Waals surface area contributed by atoms with Crippen molar-refractivity contribution >= 4 is 0 Å². The van der Waals surface area contributed by atoms with Gasteiger partial charge < -0.3 is 0 Å². The van der Waals surface area contributed by atoms with Gasteiger partial charge in [-0.15, -0.1) is 0 Å². The summed E-state index contributed by atoms with van der Waals surface area (Å²) < 4.78 is 0. The van der Waals surface area contributed by atoms with Crippen LogP contribution in [0.15, 0.2) is 0 Å². The predicted octanol–water partition coefficient (Wildman–Crippen LogP) is 8.50. The molecule has 0 nitrogen and oxygen atoms in total. The highest BCUT2D eigenvalue weighted by molar-refractivity contribution is 4.69. The fourth-order valence-electron chi connectivity index (χ4n) is 2.70. The Morgan fingerprint density at radius 2 is 0.952 bits per heavy atom. The summed E-state index contributed by atoms with van der Waals surface area (Å²) in [5.41, 5.74) is 0. The van der Waals surface area contributed by atoms with E-state index in [0.29, 0.717) is 0 Å². The van der Waals surface area contributed by atoms with Gasteiger partial charge in [0.1, 0.15) is 0 Å². The lowest BCUT2D eigenvalue weighted by molar-refractivity contribution is 0.236. The summed E-state index contributed by atoms with van der Waals surface area (Å²) in [6, 6.07) is 0. The molecular formula is C21H48. The molecule has 21 heavy (non-hydrogen) atoms. The van der Waals surface area contributed by atoms with Crippen LogP contribution in [0.3, 0.4) is 0 Å². The minimum Gasteiger partial charge on any atom is -0.0683 e. The molecule has 2 unspecified atom stereocenters. The van der Waals surface area contributed by atoms with Crippen LogP contribution in [0, 0.1) is 17.8 Å². The molecule has 0 aromatic rings. The first-order chi connectivity index (χ1) is 10.1. The van der Waals surface area contributed by atoms with Crippen LogP contribution in [0.2, 0.25) is 0 Å². The first-order valence-corrected chi connectivity index (χ1v) is 10.1. The van der Waals surface area contributed by atoms with Crippen LogP contribution in [0.5, 0.6) is 0 Å². The van der Waals surface area contributed by atoms with Crippen molar-refractivity contribution in [1.29, 1.82) is 0 Å². The summed E-state index contributed by atoms with van der Waals surface area (Å²) in [5, 5.41) is 0. The molecule has 0 aliphatic heterocycles. The zero-order valence-corrected chi connectivity index (χ0v) is 17.1. The van der Waals surface area contributed by atoms with Crippen LogP contribution >= 0.6 is 0 Å². The molecule has 0 spiro atoms. The van der Waals surface area contributed by atoms with Crippen molar-refractivity contribution in [1.82, 2.24) is 0 Å². The zero-order valence-electron chi connectivity index (χ0n) is 17.1. The smallest absolute Gasteiger partial charge is 0.0386 e. The van der Waals surface area contributed by atoms with Crippen LogP contribution in [0.1, 0.15) is 120 Å². The van der Waals surface area contributed by atoms with Gasteiger partial charge in [-0.05, 0) is 17.8 Å². The van der Waals surface area contributed by atoms with Crippen molar-refractivity contribution in [3.8, 4) is 0 Å². The summed E-state index contributed by atoms with van der Waals surface area (Å²) in [7, 11) is 0. The van der Waals surface area contributed by atoms with E-state index in [-0.39, 0.29) is 0 Å². The molecule has 0 aromatic carbocycles. The molecule has 132 valence electrons. The van der Waals surface area contributed by atoms with Gasteiger partial charge in [0.2, 0.25) is 0 Å². The van der Waals surface area contributed by atoms with E-state index in [1.165, 1.54) is 57.8 Å². The fraction of sp³-hybridized carbons (Fsp3) is 1.00. The van der Waals surface area contributed by atoms with Crippen LogP contribution in [0.4, 0.5) is 0 Å². The van der Waals surface area contributed by atoms with Crippen LogP contribution < -0.4 is 0 Å². The number of unbranched alkanes of at least 4 members (excludes halogenated alkanes) is 5. The molecule has 0 saturated heterocycles. The van der Waals surface area contributed by atoms with Crippen molar-refractivity contribution in [2.45, 2.75) is 120 Å². The second kappa shape index (κ2) is 22.3. The second-order valence-electron chi connectivity index (χ2n) is 6.21. The number of hydrogen-bond donors (Lipinski definition) is 0. The maximum atomic E-state index is 2.47.